The van der Waals surface area contributed by atoms with Crippen LogP contribution in [0.1, 0.15) is 63.6 Å². The van der Waals surface area contributed by atoms with Gasteiger partial charge in [-0.2, -0.15) is 0 Å². The van der Waals surface area contributed by atoms with Crippen molar-refractivity contribution in [2.24, 2.45) is 0 Å². The van der Waals surface area contributed by atoms with Crippen LogP contribution in [0.25, 0.3) is 11.1 Å². The third-order valence-corrected chi connectivity index (χ3v) is 7.67. The molecule has 0 aliphatic rings. The molecule has 0 aliphatic carbocycles. The van der Waals surface area contributed by atoms with Crippen molar-refractivity contribution in [2.75, 3.05) is 13.3 Å². The molecule has 2 aromatic carbocycles. The third-order valence-electron chi connectivity index (χ3n) is 6.83. The molecule has 1 N–H and O–H groups in total. The smallest absolute Gasteiger partial charge is 0.213 e. The van der Waals surface area contributed by atoms with E-state index in [-0.39, 0.29) is 12.1 Å². The lowest BCUT2D eigenvalue weighted by Gasteiger charge is -2.31. The van der Waals surface area contributed by atoms with Gasteiger partial charge in [0.25, 0.3) is 0 Å². The van der Waals surface area contributed by atoms with Gasteiger partial charge in [0.15, 0.2) is 8.03 Å². The number of nitrogens with zero attached hydrogens (tertiary/aromatic N) is 2. The number of benzene rings is 2. The molecule has 0 bridgehead atoms. The summed E-state index contributed by atoms with van der Waals surface area (Å²) in [5, 5.41) is 0. The maximum absolute atomic E-state index is 14.9. The minimum atomic E-state index is -2.55. The van der Waals surface area contributed by atoms with Crippen molar-refractivity contribution < 1.29 is 23.3 Å². The van der Waals surface area contributed by atoms with Crippen LogP contribution in [0, 0.1) is 5.82 Å². The molecule has 0 saturated heterocycles. The highest BCUT2D eigenvalue weighted by Crippen LogP contribution is 2.33. The Hall–Kier alpha value is -2.73. The molecule has 2 unspecified atom stereocenters. The van der Waals surface area contributed by atoms with Crippen molar-refractivity contribution in [3.8, 4) is 22.8 Å². The summed E-state index contributed by atoms with van der Waals surface area (Å²) in [6, 6.07) is 16.0. The molecule has 3 rings (SSSR count). The number of methoxy groups -OCH3 is 1. The van der Waals surface area contributed by atoms with Crippen LogP contribution in [0.15, 0.2) is 54.7 Å². The highest BCUT2D eigenvalue weighted by Gasteiger charge is 2.19. The van der Waals surface area contributed by atoms with E-state index in [9.17, 15) is 13.8 Å². The number of ether oxygens (including phenoxy) is 2. The van der Waals surface area contributed by atoms with Crippen LogP contribution in [-0.4, -0.2) is 40.1 Å². The molecule has 0 fully saturated rings. The summed E-state index contributed by atoms with van der Waals surface area (Å²) < 4.78 is 37.8. The number of rotatable bonds is 13. The molecule has 2 atom stereocenters. The average molecular weight is 543 g/mol. The normalized spacial score (nSPS) is 13.2. The van der Waals surface area contributed by atoms with Crippen molar-refractivity contribution in [1.29, 1.82) is 0 Å². The highest BCUT2D eigenvalue weighted by molar-refractivity contribution is 7.38. The van der Waals surface area contributed by atoms with Gasteiger partial charge in [0.1, 0.15) is 18.2 Å². The summed E-state index contributed by atoms with van der Waals surface area (Å²) in [4.78, 5) is 15.8. The monoisotopic (exact) mass is 542 g/mol. The summed E-state index contributed by atoms with van der Waals surface area (Å²) in [5.41, 5.74) is 4.21. The van der Waals surface area contributed by atoms with E-state index in [4.69, 9.17) is 9.47 Å². The van der Waals surface area contributed by atoms with Crippen molar-refractivity contribution >= 4 is 8.03 Å². The van der Waals surface area contributed by atoms with Crippen molar-refractivity contribution in [3.63, 3.8) is 0 Å². The zero-order valence-electron chi connectivity index (χ0n) is 23.2. The number of hydrogen-bond acceptors (Lipinski definition) is 5. The van der Waals surface area contributed by atoms with Crippen LogP contribution in [0.4, 0.5) is 4.39 Å². The first-order chi connectivity index (χ1) is 18.1. The molecule has 8 heteroatoms. The van der Waals surface area contributed by atoms with Crippen molar-refractivity contribution in [3.05, 3.63) is 77.2 Å². The van der Waals surface area contributed by atoms with Gasteiger partial charge in [0.05, 0.1) is 13.3 Å². The molecule has 1 heterocycles. The lowest BCUT2D eigenvalue weighted by molar-refractivity contribution is 0.166. The second kappa shape index (κ2) is 13.9. The van der Waals surface area contributed by atoms with Crippen LogP contribution < -0.4 is 9.47 Å². The van der Waals surface area contributed by atoms with Gasteiger partial charge in [0, 0.05) is 36.4 Å². The molecule has 206 valence electrons. The summed E-state index contributed by atoms with van der Waals surface area (Å²) in [6.07, 6.45) is 2.25. The number of aromatic nitrogens is 1. The third kappa shape index (κ3) is 7.89. The van der Waals surface area contributed by atoms with E-state index >= 15 is 0 Å². The van der Waals surface area contributed by atoms with Gasteiger partial charge in [-0.1, -0.05) is 37.3 Å². The SMILES string of the molecule is CCC(C[PH](=O)O)c1cccc(OCc2ccc(-c3cc(OC)ncc3F)c(CN(C(C)C)C(C)C)c2)c1. The number of halogens is 1. The van der Waals surface area contributed by atoms with Gasteiger partial charge in [-0.3, -0.25) is 9.46 Å². The quantitative estimate of drug-likeness (QED) is 0.233. The predicted molar refractivity (Wildman–Crippen MR) is 152 cm³/mol. The molecule has 3 aromatic rings. The Morgan fingerprint density at radius 2 is 1.79 bits per heavy atom. The van der Waals surface area contributed by atoms with E-state index in [1.54, 1.807) is 6.07 Å². The van der Waals surface area contributed by atoms with E-state index in [0.717, 1.165) is 28.7 Å². The Balaban J connectivity index is 1.92. The van der Waals surface area contributed by atoms with Crippen LogP contribution in [0.2, 0.25) is 0 Å². The molecule has 38 heavy (non-hydrogen) atoms. The molecule has 0 aliphatic heterocycles. The summed E-state index contributed by atoms with van der Waals surface area (Å²) in [5.74, 6) is 0.691. The predicted octanol–water partition coefficient (Wildman–Crippen LogP) is 7.05. The second-order valence-electron chi connectivity index (χ2n) is 10.1. The molecule has 0 saturated carbocycles. The van der Waals surface area contributed by atoms with E-state index in [0.29, 0.717) is 42.4 Å². The molecule has 0 radical (unpaired) electrons. The van der Waals surface area contributed by atoms with Gasteiger partial charge in [0.2, 0.25) is 5.88 Å². The number of pyridine rings is 1. The average Bonchev–Trinajstić information content (AvgIpc) is 2.89. The van der Waals surface area contributed by atoms with Crippen LogP contribution in [-0.2, 0) is 17.7 Å². The van der Waals surface area contributed by atoms with Gasteiger partial charge in [-0.15, -0.1) is 0 Å². The van der Waals surface area contributed by atoms with Gasteiger partial charge >= 0.3 is 0 Å². The van der Waals surface area contributed by atoms with Crippen molar-refractivity contribution in [1.82, 2.24) is 9.88 Å². The maximum Gasteiger partial charge on any atom is 0.213 e. The zero-order valence-corrected chi connectivity index (χ0v) is 24.2. The standard InChI is InChI=1S/C30H40FN2O4P/c1-7-23(19-38(34)35)24-9-8-10-26(14-24)37-18-22-11-12-27(28-15-30(36-6)32-16-29(28)31)25(13-22)17-33(20(2)3)21(4)5/h8-16,20-21,23,38H,7,17-19H2,1-6H3,(H,34,35). The molecule has 1 aromatic heterocycles. The van der Waals surface area contributed by atoms with Crippen LogP contribution >= 0.6 is 8.03 Å². The van der Waals surface area contributed by atoms with Gasteiger partial charge in [-0.25, -0.2) is 9.37 Å². The Morgan fingerprint density at radius 1 is 1.05 bits per heavy atom. The lowest BCUT2D eigenvalue weighted by atomic mass is 9.96. The fourth-order valence-electron chi connectivity index (χ4n) is 4.76. The van der Waals surface area contributed by atoms with Crippen molar-refractivity contribution in [2.45, 2.75) is 72.2 Å². The summed E-state index contributed by atoms with van der Waals surface area (Å²) in [7, 11) is -1.03. The van der Waals surface area contributed by atoms with E-state index in [1.165, 1.54) is 13.3 Å². The molecular weight excluding hydrogens is 502 g/mol. The highest BCUT2D eigenvalue weighted by atomic mass is 31.1. The topological polar surface area (TPSA) is 71.9 Å². The fraction of sp³-hybridized carbons (Fsp3) is 0.433. The van der Waals surface area contributed by atoms with Crippen LogP contribution in [0.5, 0.6) is 11.6 Å². The first-order valence-corrected chi connectivity index (χ1v) is 14.7. The minimum Gasteiger partial charge on any atom is -0.489 e. The Bertz CT molecular complexity index is 1230. The lowest BCUT2D eigenvalue weighted by Crippen LogP contribution is -2.36. The first-order valence-electron chi connectivity index (χ1n) is 13.1. The molecule has 6 nitrogen and oxygen atoms in total. The first kappa shape index (κ1) is 29.8. The molecule has 0 spiro atoms. The Kier molecular flexibility index (Phi) is 10.9. The van der Waals surface area contributed by atoms with Gasteiger partial charge in [-0.05, 0) is 74.4 Å². The largest absolute Gasteiger partial charge is 0.489 e. The fourth-order valence-corrected chi connectivity index (χ4v) is 5.71. The minimum absolute atomic E-state index is 0.0196. The van der Waals surface area contributed by atoms with Gasteiger partial charge < -0.3 is 14.4 Å². The molecular formula is C30H40FN2O4P. The maximum atomic E-state index is 14.9. The molecule has 0 amide bonds. The summed E-state index contributed by atoms with van der Waals surface area (Å²) >= 11 is 0. The van der Waals surface area contributed by atoms with E-state index in [1.807, 2.05) is 43.3 Å². The van der Waals surface area contributed by atoms with E-state index < -0.39 is 13.8 Å². The van der Waals surface area contributed by atoms with Crippen LogP contribution in [0.3, 0.4) is 0 Å². The zero-order chi connectivity index (χ0) is 27.8. The summed E-state index contributed by atoms with van der Waals surface area (Å²) in [6.45, 7) is 11.6. The number of hydrogen-bond donors (Lipinski definition) is 1. The Morgan fingerprint density at radius 3 is 2.42 bits per heavy atom. The second-order valence-corrected chi connectivity index (χ2v) is 11.3. The van der Waals surface area contributed by atoms with E-state index in [2.05, 4.69) is 43.6 Å². The Labute approximate surface area is 226 Å².